The average Bonchev–Trinajstić information content (AvgIpc) is 2.70. The molecule has 0 aromatic rings. The molecule has 0 bridgehead atoms. The van der Waals surface area contributed by atoms with Gasteiger partial charge < -0.3 is 5.21 Å². The molecule has 2 aliphatic rings. The first-order valence-corrected chi connectivity index (χ1v) is 4.04. The van der Waals surface area contributed by atoms with Crippen molar-refractivity contribution in [1.29, 1.82) is 0 Å². The maximum Gasteiger partial charge on any atom is 0.0576 e. The van der Waals surface area contributed by atoms with E-state index in [1.165, 1.54) is 25.7 Å². The van der Waals surface area contributed by atoms with Crippen molar-refractivity contribution in [3.63, 3.8) is 0 Å². The fraction of sp³-hybridized carbons (Fsp3) is 0.875. The van der Waals surface area contributed by atoms with Crippen molar-refractivity contribution < 1.29 is 5.21 Å². The molecule has 0 aromatic heterocycles. The summed E-state index contributed by atoms with van der Waals surface area (Å²) in [6.45, 7) is 0. The van der Waals surface area contributed by atoms with Crippen molar-refractivity contribution in [3.8, 4) is 0 Å². The Hall–Kier alpha value is -0.530. The second-order valence-corrected chi connectivity index (χ2v) is 3.70. The quantitative estimate of drug-likeness (QED) is 0.405. The zero-order valence-corrected chi connectivity index (χ0v) is 6.14. The minimum absolute atomic E-state index is 0.611. The van der Waals surface area contributed by atoms with Crippen LogP contribution in [0.15, 0.2) is 5.16 Å². The van der Waals surface area contributed by atoms with Gasteiger partial charge in [0.25, 0.3) is 0 Å². The van der Waals surface area contributed by atoms with E-state index in [2.05, 4.69) is 5.16 Å². The van der Waals surface area contributed by atoms with E-state index in [1.54, 1.807) is 0 Å². The second kappa shape index (κ2) is 1.97. The van der Waals surface area contributed by atoms with E-state index in [9.17, 15) is 0 Å². The first-order chi connectivity index (χ1) is 4.85. The van der Waals surface area contributed by atoms with Crippen LogP contribution >= 0.6 is 0 Å². The highest BCUT2D eigenvalue weighted by Gasteiger charge is 2.44. The zero-order chi connectivity index (χ0) is 7.03. The van der Waals surface area contributed by atoms with Gasteiger partial charge in [-0.2, -0.15) is 0 Å². The number of oxime groups is 1. The number of rotatable bonds is 0. The summed E-state index contributed by atoms with van der Waals surface area (Å²) in [5.74, 6) is 0. The summed E-state index contributed by atoms with van der Waals surface area (Å²) in [6.07, 6.45) is 7.44. The molecule has 0 saturated heterocycles. The van der Waals surface area contributed by atoms with E-state index in [-0.39, 0.29) is 0 Å². The highest BCUT2D eigenvalue weighted by Crippen LogP contribution is 2.55. The highest BCUT2D eigenvalue weighted by molar-refractivity contribution is 5.85. The van der Waals surface area contributed by atoms with E-state index in [0.29, 0.717) is 5.41 Å². The first kappa shape index (κ1) is 6.20. The molecular weight excluding hydrogens is 126 g/mol. The summed E-state index contributed by atoms with van der Waals surface area (Å²) in [6, 6.07) is 0. The number of hydrogen-bond donors (Lipinski definition) is 1. The van der Waals surface area contributed by atoms with Crippen LogP contribution in [0.4, 0.5) is 0 Å². The Morgan fingerprint density at radius 2 is 2.10 bits per heavy atom. The van der Waals surface area contributed by atoms with Gasteiger partial charge in [-0.15, -0.1) is 0 Å². The molecule has 1 spiro atoms. The monoisotopic (exact) mass is 139 g/mol. The van der Waals surface area contributed by atoms with Crippen molar-refractivity contribution >= 4 is 5.71 Å². The lowest BCUT2D eigenvalue weighted by Gasteiger charge is -2.20. The SMILES string of the molecule is O/N=C1\CCCC2(CC2)C1. The van der Waals surface area contributed by atoms with Crippen LogP contribution < -0.4 is 0 Å². The molecule has 2 heteroatoms. The molecule has 0 heterocycles. The maximum absolute atomic E-state index is 8.54. The maximum atomic E-state index is 8.54. The van der Waals surface area contributed by atoms with Crippen LogP contribution in [0.5, 0.6) is 0 Å². The van der Waals surface area contributed by atoms with Gasteiger partial charge in [0.15, 0.2) is 0 Å². The van der Waals surface area contributed by atoms with Crippen LogP contribution in [0, 0.1) is 5.41 Å². The second-order valence-electron chi connectivity index (χ2n) is 3.70. The summed E-state index contributed by atoms with van der Waals surface area (Å²) < 4.78 is 0. The third-order valence-corrected chi connectivity index (χ3v) is 2.85. The molecule has 1 N–H and O–H groups in total. The van der Waals surface area contributed by atoms with Gasteiger partial charge in [-0.1, -0.05) is 5.16 Å². The summed E-state index contributed by atoms with van der Waals surface area (Å²) in [7, 11) is 0. The highest BCUT2D eigenvalue weighted by atomic mass is 16.4. The number of nitrogens with zero attached hydrogens (tertiary/aromatic N) is 1. The van der Waals surface area contributed by atoms with E-state index < -0.39 is 0 Å². The summed E-state index contributed by atoms with van der Waals surface area (Å²) >= 11 is 0. The molecule has 56 valence electrons. The summed E-state index contributed by atoms with van der Waals surface area (Å²) in [4.78, 5) is 0. The molecular formula is C8H13NO. The van der Waals surface area contributed by atoms with Gasteiger partial charge in [-0.05, 0) is 43.9 Å². The summed E-state index contributed by atoms with van der Waals surface area (Å²) in [5, 5.41) is 11.8. The fourth-order valence-corrected chi connectivity index (χ4v) is 1.97. The van der Waals surface area contributed by atoms with Gasteiger partial charge in [0.2, 0.25) is 0 Å². The van der Waals surface area contributed by atoms with Crippen LogP contribution in [0.2, 0.25) is 0 Å². The zero-order valence-electron chi connectivity index (χ0n) is 6.14. The van der Waals surface area contributed by atoms with Gasteiger partial charge in [0, 0.05) is 0 Å². The molecule has 2 aliphatic carbocycles. The Kier molecular flexibility index (Phi) is 1.22. The normalized spacial score (nSPS) is 33.0. The standard InChI is InChI=1S/C8H13NO/c10-9-7-2-1-3-8(6-7)4-5-8/h10H,1-6H2/b9-7+. The lowest BCUT2D eigenvalue weighted by Crippen LogP contribution is -2.15. The largest absolute Gasteiger partial charge is 0.411 e. The average molecular weight is 139 g/mol. The lowest BCUT2D eigenvalue weighted by molar-refractivity contribution is 0.308. The topological polar surface area (TPSA) is 32.6 Å². The molecule has 2 rings (SSSR count). The lowest BCUT2D eigenvalue weighted by atomic mass is 9.85. The Bertz CT molecular complexity index is 170. The molecule has 2 nitrogen and oxygen atoms in total. The van der Waals surface area contributed by atoms with E-state index in [1.807, 2.05) is 0 Å². The number of hydrogen-bond acceptors (Lipinski definition) is 2. The molecule has 0 aliphatic heterocycles. The van der Waals surface area contributed by atoms with Gasteiger partial charge >= 0.3 is 0 Å². The van der Waals surface area contributed by atoms with Crippen LogP contribution in [-0.4, -0.2) is 10.9 Å². The van der Waals surface area contributed by atoms with E-state index >= 15 is 0 Å². The fourth-order valence-electron chi connectivity index (χ4n) is 1.97. The van der Waals surface area contributed by atoms with E-state index in [4.69, 9.17) is 5.21 Å². The van der Waals surface area contributed by atoms with Crippen molar-refractivity contribution in [1.82, 2.24) is 0 Å². The van der Waals surface area contributed by atoms with Gasteiger partial charge in [0.05, 0.1) is 5.71 Å². The van der Waals surface area contributed by atoms with Crippen LogP contribution in [-0.2, 0) is 0 Å². The molecule has 0 amide bonds. The molecule has 0 aromatic carbocycles. The van der Waals surface area contributed by atoms with E-state index in [0.717, 1.165) is 18.6 Å². The molecule has 0 radical (unpaired) electrons. The molecule has 2 saturated carbocycles. The minimum Gasteiger partial charge on any atom is -0.411 e. The molecule has 0 unspecified atom stereocenters. The van der Waals surface area contributed by atoms with Gasteiger partial charge in [0.1, 0.15) is 0 Å². The Morgan fingerprint density at radius 3 is 2.70 bits per heavy atom. The molecule has 0 atom stereocenters. The van der Waals surface area contributed by atoms with Gasteiger partial charge in [-0.25, -0.2) is 0 Å². The van der Waals surface area contributed by atoms with Crippen molar-refractivity contribution in [3.05, 3.63) is 0 Å². The first-order valence-electron chi connectivity index (χ1n) is 4.04. The van der Waals surface area contributed by atoms with Gasteiger partial charge in [-0.3, -0.25) is 0 Å². The predicted octanol–water partition coefficient (Wildman–Crippen LogP) is 2.17. The third kappa shape index (κ3) is 0.917. The Labute approximate surface area is 60.9 Å². The third-order valence-electron chi connectivity index (χ3n) is 2.85. The Morgan fingerprint density at radius 1 is 1.30 bits per heavy atom. The van der Waals surface area contributed by atoms with Crippen molar-refractivity contribution in [2.75, 3.05) is 0 Å². The van der Waals surface area contributed by atoms with Crippen LogP contribution in [0.25, 0.3) is 0 Å². The molecule has 2 fully saturated rings. The van der Waals surface area contributed by atoms with Crippen LogP contribution in [0.3, 0.4) is 0 Å². The molecule has 10 heavy (non-hydrogen) atoms. The van der Waals surface area contributed by atoms with Crippen LogP contribution in [0.1, 0.15) is 38.5 Å². The smallest absolute Gasteiger partial charge is 0.0576 e. The Balaban J connectivity index is 2.04. The van der Waals surface area contributed by atoms with Crippen molar-refractivity contribution in [2.45, 2.75) is 38.5 Å². The summed E-state index contributed by atoms with van der Waals surface area (Å²) in [5.41, 5.74) is 1.64. The predicted molar refractivity (Wildman–Crippen MR) is 39.4 cm³/mol. The minimum atomic E-state index is 0.611. The van der Waals surface area contributed by atoms with Crippen molar-refractivity contribution in [2.24, 2.45) is 10.6 Å².